The number of benzene rings is 1. The van der Waals surface area contributed by atoms with E-state index in [4.69, 9.17) is 4.74 Å². The minimum atomic E-state index is -0.465. The molecule has 1 aliphatic heterocycles. The molecule has 2 heterocycles. The van der Waals surface area contributed by atoms with Crippen molar-refractivity contribution in [2.24, 2.45) is 5.92 Å². The monoisotopic (exact) mass is 345 g/mol. The average molecular weight is 345 g/mol. The van der Waals surface area contributed by atoms with E-state index in [1.807, 2.05) is 6.92 Å². The molecular weight excluding hydrogens is 325 g/mol. The molecule has 0 N–H and O–H groups in total. The first kappa shape index (κ1) is 17.1. The van der Waals surface area contributed by atoms with E-state index in [2.05, 4.69) is 5.10 Å². The lowest BCUT2D eigenvalue weighted by atomic mass is 10.1. The second-order valence-corrected chi connectivity index (χ2v) is 6.13. The lowest BCUT2D eigenvalue weighted by Crippen LogP contribution is -2.25. The Morgan fingerprint density at radius 1 is 1.36 bits per heavy atom. The standard InChI is InChI=1S/C18H20FN3O3/c1-3-21-10-13(8-17(21)23)11-25-18(24)16-9-20-22(12(16)2)15-6-4-14(19)5-7-15/h4-7,9,13H,3,8,10-11H2,1-2H3/t13-/m0/s1. The fraction of sp³-hybridized carbons (Fsp3) is 0.389. The Hall–Kier alpha value is -2.70. The molecule has 1 aromatic carbocycles. The summed E-state index contributed by atoms with van der Waals surface area (Å²) in [6, 6.07) is 5.86. The highest BCUT2D eigenvalue weighted by Gasteiger charge is 2.29. The van der Waals surface area contributed by atoms with Crippen LogP contribution in [0.15, 0.2) is 30.5 Å². The summed E-state index contributed by atoms with van der Waals surface area (Å²) in [5.74, 6) is -0.665. The molecule has 1 aromatic heterocycles. The number of esters is 1. The molecule has 7 heteroatoms. The normalized spacial score (nSPS) is 17.2. The second-order valence-electron chi connectivity index (χ2n) is 6.13. The zero-order chi connectivity index (χ0) is 18.0. The molecule has 1 amide bonds. The first-order valence-electron chi connectivity index (χ1n) is 8.25. The average Bonchev–Trinajstić information content (AvgIpc) is 3.16. The second kappa shape index (κ2) is 7.04. The number of aromatic nitrogens is 2. The van der Waals surface area contributed by atoms with Crippen LogP contribution in [-0.4, -0.2) is 46.3 Å². The van der Waals surface area contributed by atoms with Gasteiger partial charge in [-0.15, -0.1) is 0 Å². The van der Waals surface area contributed by atoms with Gasteiger partial charge in [-0.1, -0.05) is 0 Å². The van der Waals surface area contributed by atoms with Crippen molar-refractivity contribution in [2.75, 3.05) is 19.7 Å². The molecule has 0 radical (unpaired) electrons. The molecule has 0 spiro atoms. The zero-order valence-electron chi connectivity index (χ0n) is 14.2. The predicted molar refractivity (Wildman–Crippen MR) is 88.9 cm³/mol. The maximum absolute atomic E-state index is 13.0. The van der Waals surface area contributed by atoms with Crippen molar-refractivity contribution in [2.45, 2.75) is 20.3 Å². The Labute approximate surface area is 145 Å². The van der Waals surface area contributed by atoms with Gasteiger partial charge in [0.2, 0.25) is 5.91 Å². The van der Waals surface area contributed by atoms with E-state index in [-0.39, 0.29) is 24.2 Å². The summed E-state index contributed by atoms with van der Waals surface area (Å²) in [5, 5.41) is 4.18. The van der Waals surface area contributed by atoms with Crippen LogP contribution in [0, 0.1) is 18.7 Å². The molecule has 1 atom stereocenters. The molecule has 1 fully saturated rings. The summed E-state index contributed by atoms with van der Waals surface area (Å²) in [4.78, 5) is 25.8. The summed E-state index contributed by atoms with van der Waals surface area (Å²) in [6.45, 7) is 5.19. The van der Waals surface area contributed by atoms with Gasteiger partial charge in [0.15, 0.2) is 0 Å². The summed E-state index contributed by atoms with van der Waals surface area (Å²) in [6.07, 6.45) is 1.86. The first-order chi connectivity index (χ1) is 12.0. The first-order valence-corrected chi connectivity index (χ1v) is 8.25. The fourth-order valence-electron chi connectivity index (χ4n) is 3.00. The van der Waals surface area contributed by atoms with Crippen LogP contribution in [0.3, 0.4) is 0 Å². The molecule has 0 bridgehead atoms. The summed E-state index contributed by atoms with van der Waals surface area (Å²) in [5.41, 5.74) is 1.65. The molecule has 25 heavy (non-hydrogen) atoms. The quantitative estimate of drug-likeness (QED) is 0.781. The largest absolute Gasteiger partial charge is 0.462 e. The number of hydrogen-bond donors (Lipinski definition) is 0. The van der Waals surface area contributed by atoms with Gasteiger partial charge in [0.25, 0.3) is 0 Å². The van der Waals surface area contributed by atoms with E-state index in [0.29, 0.717) is 36.5 Å². The van der Waals surface area contributed by atoms with Gasteiger partial charge in [-0.05, 0) is 38.1 Å². The third-order valence-corrected chi connectivity index (χ3v) is 4.43. The zero-order valence-corrected chi connectivity index (χ0v) is 14.2. The molecular formula is C18H20FN3O3. The number of nitrogens with zero attached hydrogens (tertiary/aromatic N) is 3. The predicted octanol–water partition coefficient (Wildman–Crippen LogP) is 2.35. The summed E-state index contributed by atoms with van der Waals surface area (Å²) < 4.78 is 20.0. The van der Waals surface area contributed by atoms with E-state index in [0.717, 1.165) is 0 Å². The van der Waals surface area contributed by atoms with Crippen molar-refractivity contribution in [1.82, 2.24) is 14.7 Å². The SMILES string of the molecule is CCN1C[C@@H](COC(=O)c2cnn(-c3ccc(F)cc3)c2C)CC1=O. The number of rotatable bonds is 5. The van der Waals surface area contributed by atoms with E-state index in [1.165, 1.54) is 18.3 Å². The van der Waals surface area contributed by atoms with Crippen molar-refractivity contribution in [1.29, 1.82) is 0 Å². The van der Waals surface area contributed by atoms with Crippen LogP contribution in [0.5, 0.6) is 0 Å². The third-order valence-electron chi connectivity index (χ3n) is 4.43. The van der Waals surface area contributed by atoms with Gasteiger partial charge in [0.1, 0.15) is 11.4 Å². The number of amides is 1. The number of carbonyl (C=O) groups is 2. The van der Waals surface area contributed by atoms with Gasteiger partial charge in [0.05, 0.1) is 24.2 Å². The Kier molecular flexibility index (Phi) is 4.83. The number of likely N-dealkylation sites (tertiary alicyclic amines) is 1. The van der Waals surface area contributed by atoms with Crippen molar-refractivity contribution in [3.8, 4) is 5.69 Å². The lowest BCUT2D eigenvalue weighted by molar-refractivity contribution is -0.127. The molecule has 0 saturated carbocycles. The van der Waals surface area contributed by atoms with Crippen molar-refractivity contribution < 1.29 is 18.7 Å². The topological polar surface area (TPSA) is 64.4 Å². The van der Waals surface area contributed by atoms with E-state index in [1.54, 1.807) is 28.6 Å². The Bertz CT molecular complexity index is 785. The molecule has 6 nitrogen and oxygen atoms in total. The Morgan fingerprint density at radius 3 is 2.72 bits per heavy atom. The van der Waals surface area contributed by atoms with E-state index >= 15 is 0 Å². The van der Waals surface area contributed by atoms with E-state index in [9.17, 15) is 14.0 Å². The minimum Gasteiger partial charge on any atom is -0.462 e. The summed E-state index contributed by atoms with van der Waals surface area (Å²) in [7, 11) is 0. The maximum Gasteiger partial charge on any atom is 0.341 e. The lowest BCUT2D eigenvalue weighted by Gasteiger charge is -2.13. The molecule has 1 aliphatic rings. The smallest absolute Gasteiger partial charge is 0.341 e. The van der Waals surface area contributed by atoms with Crippen molar-refractivity contribution >= 4 is 11.9 Å². The van der Waals surface area contributed by atoms with E-state index < -0.39 is 5.97 Å². The van der Waals surface area contributed by atoms with Crippen LogP contribution in [0.4, 0.5) is 4.39 Å². The minimum absolute atomic E-state index is 0.0313. The van der Waals surface area contributed by atoms with Crippen LogP contribution in [0.2, 0.25) is 0 Å². The summed E-state index contributed by atoms with van der Waals surface area (Å²) >= 11 is 0. The van der Waals surface area contributed by atoms with Crippen LogP contribution in [0.25, 0.3) is 5.69 Å². The van der Waals surface area contributed by atoms with Crippen LogP contribution < -0.4 is 0 Å². The maximum atomic E-state index is 13.0. The molecule has 2 aromatic rings. The number of ether oxygens (including phenoxy) is 1. The Balaban J connectivity index is 1.65. The third kappa shape index (κ3) is 3.55. The molecule has 1 saturated heterocycles. The van der Waals surface area contributed by atoms with Gasteiger partial charge >= 0.3 is 5.97 Å². The Morgan fingerprint density at radius 2 is 2.08 bits per heavy atom. The number of hydrogen-bond acceptors (Lipinski definition) is 4. The van der Waals surface area contributed by atoms with Crippen LogP contribution >= 0.6 is 0 Å². The van der Waals surface area contributed by atoms with Gasteiger partial charge in [-0.3, -0.25) is 4.79 Å². The van der Waals surface area contributed by atoms with Gasteiger partial charge in [-0.25, -0.2) is 13.9 Å². The molecule has 0 unspecified atom stereocenters. The van der Waals surface area contributed by atoms with Gasteiger partial charge in [0, 0.05) is 25.4 Å². The molecule has 3 rings (SSSR count). The number of carbonyl (C=O) groups excluding carboxylic acids is 2. The highest BCUT2D eigenvalue weighted by Crippen LogP contribution is 2.19. The van der Waals surface area contributed by atoms with Crippen molar-refractivity contribution in [3.05, 3.63) is 47.5 Å². The number of halogens is 1. The van der Waals surface area contributed by atoms with Gasteiger partial charge in [-0.2, -0.15) is 5.10 Å². The van der Waals surface area contributed by atoms with Crippen molar-refractivity contribution in [3.63, 3.8) is 0 Å². The molecule has 0 aliphatic carbocycles. The fourth-order valence-corrected chi connectivity index (χ4v) is 3.00. The molecule has 132 valence electrons. The highest BCUT2D eigenvalue weighted by molar-refractivity contribution is 5.90. The van der Waals surface area contributed by atoms with Crippen LogP contribution in [-0.2, 0) is 9.53 Å². The van der Waals surface area contributed by atoms with Crippen LogP contribution in [0.1, 0.15) is 29.4 Å². The van der Waals surface area contributed by atoms with Gasteiger partial charge < -0.3 is 9.64 Å². The highest BCUT2D eigenvalue weighted by atomic mass is 19.1.